The van der Waals surface area contributed by atoms with Crippen molar-refractivity contribution >= 4 is 17.6 Å². The van der Waals surface area contributed by atoms with Gasteiger partial charge in [-0.25, -0.2) is 4.99 Å². The molecule has 1 aromatic rings. The van der Waals surface area contributed by atoms with E-state index in [0.29, 0.717) is 0 Å². The number of anilines is 1. The number of carbonyl (C=O) groups excluding carboxylic acids is 1. The molecular formula is C20H30N4O. The molecule has 1 aliphatic carbocycles. The Kier molecular flexibility index (Phi) is 5.95. The molecule has 0 unspecified atom stereocenters. The molecule has 0 aromatic heterocycles. The van der Waals surface area contributed by atoms with Gasteiger partial charge in [0.05, 0.1) is 0 Å². The van der Waals surface area contributed by atoms with Crippen LogP contribution in [0.3, 0.4) is 0 Å². The van der Waals surface area contributed by atoms with E-state index in [-0.39, 0.29) is 12.5 Å². The molecule has 1 fully saturated rings. The molecule has 0 saturated heterocycles. The first-order valence-corrected chi connectivity index (χ1v) is 9.49. The number of carbonyl (C=O) groups is 1. The number of para-hydroxylation sites is 1. The summed E-state index contributed by atoms with van der Waals surface area (Å²) in [5.41, 5.74) is 2.57. The summed E-state index contributed by atoms with van der Waals surface area (Å²) >= 11 is 0. The number of likely N-dealkylation sites (N-methyl/N-ethyl adjacent to an activating group) is 1. The van der Waals surface area contributed by atoms with Crippen LogP contribution < -0.4 is 10.2 Å². The van der Waals surface area contributed by atoms with E-state index in [1.807, 2.05) is 0 Å². The van der Waals surface area contributed by atoms with Gasteiger partial charge in [-0.15, -0.1) is 0 Å². The van der Waals surface area contributed by atoms with Gasteiger partial charge in [0.15, 0.2) is 5.96 Å². The van der Waals surface area contributed by atoms with Crippen molar-refractivity contribution in [2.75, 3.05) is 38.6 Å². The Morgan fingerprint density at radius 1 is 1.24 bits per heavy atom. The van der Waals surface area contributed by atoms with Gasteiger partial charge in [-0.1, -0.05) is 37.5 Å². The summed E-state index contributed by atoms with van der Waals surface area (Å²) in [6.07, 6.45) is 7.67. The molecule has 0 atom stereocenters. The van der Waals surface area contributed by atoms with E-state index in [1.54, 1.807) is 19.0 Å². The molecule has 5 nitrogen and oxygen atoms in total. The normalized spacial score (nSPS) is 18.2. The average molecular weight is 342 g/mol. The van der Waals surface area contributed by atoms with Gasteiger partial charge in [0, 0.05) is 32.9 Å². The summed E-state index contributed by atoms with van der Waals surface area (Å²) in [7, 11) is 3.55. The van der Waals surface area contributed by atoms with Gasteiger partial charge in [0.25, 0.3) is 0 Å². The largest absolute Gasteiger partial charge is 0.356 e. The van der Waals surface area contributed by atoms with Crippen LogP contribution in [0.4, 0.5) is 5.69 Å². The van der Waals surface area contributed by atoms with E-state index in [9.17, 15) is 4.79 Å². The van der Waals surface area contributed by atoms with Gasteiger partial charge >= 0.3 is 0 Å². The van der Waals surface area contributed by atoms with E-state index >= 15 is 0 Å². The highest BCUT2D eigenvalue weighted by atomic mass is 16.2. The minimum absolute atomic E-state index is 0.0319. The summed E-state index contributed by atoms with van der Waals surface area (Å²) in [6.45, 7) is 2.07. The third-order valence-corrected chi connectivity index (χ3v) is 5.28. The Balaban J connectivity index is 1.72. The van der Waals surface area contributed by atoms with Crippen molar-refractivity contribution < 1.29 is 4.79 Å². The van der Waals surface area contributed by atoms with E-state index in [1.165, 1.54) is 43.4 Å². The lowest BCUT2D eigenvalue weighted by atomic mass is 9.89. The SMILES string of the molecule is CN(C)C(=O)CN=C(NCC1CCCCC1)N1CCc2ccccc21. The first-order valence-electron chi connectivity index (χ1n) is 9.49. The molecule has 1 N–H and O–H groups in total. The Hall–Kier alpha value is -2.04. The van der Waals surface area contributed by atoms with Crippen molar-refractivity contribution in [3.8, 4) is 0 Å². The zero-order chi connectivity index (χ0) is 17.6. The average Bonchev–Trinajstić information content (AvgIpc) is 3.06. The van der Waals surface area contributed by atoms with Crippen LogP contribution in [-0.4, -0.2) is 50.5 Å². The zero-order valence-corrected chi connectivity index (χ0v) is 15.5. The fourth-order valence-electron chi connectivity index (χ4n) is 3.71. The number of aliphatic imine (C=N–C) groups is 1. The van der Waals surface area contributed by atoms with E-state index in [2.05, 4.69) is 39.5 Å². The van der Waals surface area contributed by atoms with Crippen LogP contribution in [0, 0.1) is 5.92 Å². The Labute approximate surface area is 151 Å². The number of guanidine groups is 1. The van der Waals surface area contributed by atoms with Crippen LogP contribution in [0.25, 0.3) is 0 Å². The topological polar surface area (TPSA) is 47.9 Å². The fourth-order valence-corrected chi connectivity index (χ4v) is 3.71. The molecule has 1 heterocycles. The van der Waals surface area contributed by atoms with Gasteiger partial charge in [-0.2, -0.15) is 0 Å². The van der Waals surface area contributed by atoms with E-state index in [0.717, 1.165) is 31.4 Å². The summed E-state index contributed by atoms with van der Waals surface area (Å²) in [4.78, 5) is 20.5. The first kappa shape index (κ1) is 17.8. The molecule has 3 rings (SSSR count). The van der Waals surface area contributed by atoms with Crippen molar-refractivity contribution in [2.24, 2.45) is 10.9 Å². The van der Waals surface area contributed by atoms with Crippen LogP contribution in [0.2, 0.25) is 0 Å². The molecule has 5 heteroatoms. The summed E-state index contributed by atoms with van der Waals surface area (Å²) < 4.78 is 0. The van der Waals surface area contributed by atoms with Gasteiger partial charge in [0.1, 0.15) is 6.54 Å². The van der Waals surface area contributed by atoms with Crippen LogP contribution in [0.1, 0.15) is 37.7 Å². The van der Waals surface area contributed by atoms with Gasteiger partial charge < -0.3 is 15.1 Å². The lowest BCUT2D eigenvalue weighted by Gasteiger charge is -2.27. The molecule has 136 valence electrons. The Bertz CT molecular complexity index is 620. The van der Waals surface area contributed by atoms with Crippen molar-refractivity contribution in [1.29, 1.82) is 0 Å². The molecule has 0 bridgehead atoms. The monoisotopic (exact) mass is 342 g/mol. The van der Waals surface area contributed by atoms with Gasteiger partial charge in [-0.3, -0.25) is 4.79 Å². The fraction of sp³-hybridized carbons (Fsp3) is 0.600. The van der Waals surface area contributed by atoms with Crippen molar-refractivity contribution in [1.82, 2.24) is 10.2 Å². The molecular weight excluding hydrogens is 312 g/mol. The van der Waals surface area contributed by atoms with Crippen LogP contribution in [0.15, 0.2) is 29.3 Å². The summed E-state index contributed by atoms with van der Waals surface area (Å²) in [5.74, 6) is 1.61. The number of fused-ring (bicyclic) bond motifs is 1. The third kappa shape index (κ3) is 4.53. The molecule has 1 aliphatic heterocycles. The maximum Gasteiger partial charge on any atom is 0.243 e. The molecule has 1 saturated carbocycles. The second-order valence-electron chi connectivity index (χ2n) is 7.34. The van der Waals surface area contributed by atoms with Gasteiger partial charge in [-0.05, 0) is 36.8 Å². The summed E-state index contributed by atoms with van der Waals surface area (Å²) in [5, 5.41) is 3.57. The minimum atomic E-state index is 0.0319. The summed E-state index contributed by atoms with van der Waals surface area (Å²) in [6, 6.07) is 8.48. The molecule has 0 radical (unpaired) electrons. The minimum Gasteiger partial charge on any atom is -0.356 e. The van der Waals surface area contributed by atoms with Crippen molar-refractivity contribution in [3.63, 3.8) is 0 Å². The third-order valence-electron chi connectivity index (χ3n) is 5.28. The second-order valence-corrected chi connectivity index (χ2v) is 7.34. The quantitative estimate of drug-likeness (QED) is 0.676. The number of nitrogens with zero attached hydrogens (tertiary/aromatic N) is 3. The second kappa shape index (κ2) is 8.37. The highest BCUT2D eigenvalue weighted by molar-refractivity contribution is 5.99. The van der Waals surface area contributed by atoms with Crippen LogP contribution in [-0.2, 0) is 11.2 Å². The number of hydrogen-bond donors (Lipinski definition) is 1. The Morgan fingerprint density at radius 3 is 2.76 bits per heavy atom. The molecule has 2 aliphatic rings. The molecule has 25 heavy (non-hydrogen) atoms. The molecule has 1 amide bonds. The van der Waals surface area contributed by atoms with Gasteiger partial charge in [0.2, 0.25) is 5.91 Å². The van der Waals surface area contributed by atoms with E-state index in [4.69, 9.17) is 0 Å². The first-order chi connectivity index (χ1) is 12.1. The number of hydrogen-bond acceptors (Lipinski definition) is 2. The molecule has 0 spiro atoms. The predicted octanol–water partition coefficient (Wildman–Crippen LogP) is 2.66. The standard InChI is InChI=1S/C20H30N4O/c1-23(2)19(25)15-22-20(21-14-16-8-4-3-5-9-16)24-13-12-17-10-6-7-11-18(17)24/h6-7,10-11,16H,3-5,8-9,12-15H2,1-2H3,(H,21,22). The number of amides is 1. The Morgan fingerprint density at radius 2 is 2.00 bits per heavy atom. The van der Waals surface area contributed by atoms with Crippen molar-refractivity contribution in [2.45, 2.75) is 38.5 Å². The predicted molar refractivity (Wildman–Crippen MR) is 103 cm³/mol. The van der Waals surface area contributed by atoms with Crippen LogP contribution in [0.5, 0.6) is 0 Å². The smallest absolute Gasteiger partial charge is 0.243 e. The lowest BCUT2D eigenvalue weighted by molar-refractivity contribution is -0.127. The van der Waals surface area contributed by atoms with Crippen LogP contribution >= 0.6 is 0 Å². The zero-order valence-electron chi connectivity index (χ0n) is 15.5. The maximum absolute atomic E-state index is 12.0. The molecule has 1 aromatic carbocycles. The lowest BCUT2D eigenvalue weighted by Crippen LogP contribution is -2.43. The van der Waals surface area contributed by atoms with E-state index < -0.39 is 0 Å². The highest BCUT2D eigenvalue weighted by Gasteiger charge is 2.24. The number of rotatable bonds is 4. The maximum atomic E-state index is 12.0. The number of benzene rings is 1. The highest BCUT2D eigenvalue weighted by Crippen LogP contribution is 2.28. The number of nitrogens with one attached hydrogen (secondary N) is 1. The van der Waals surface area contributed by atoms with Crippen molar-refractivity contribution in [3.05, 3.63) is 29.8 Å².